The Morgan fingerprint density at radius 2 is 1.50 bits per heavy atom. The van der Waals surface area contributed by atoms with E-state index in [0.717, 1.165) is 6.42 Å². The molecule has 18 heavy (non-hydrogen) atoms. The number of hydrogen-bond donors (Lipinski definition) is 3. The molecule has 0 spiro atoms. The van der Waals surface area contributed by atoms with Gasteiger partial charge in [-0.1, -0.05) is 40.5 Å². The average molecular weight is 258 g/mol. The Morgan fingerprint density at radius 1 is 1.06 bits per heavy atom. The van der Waals surface area contributed by atoms with E-state index in [2.05, 4.69) is 10.6 Å². The number of carboxylic acid groups (broad SMARTS) is 1. The smallest absolute Gasteiger partial charge is 0.326 e. The quantitative estimate of drug-likeness (QED) is 0.612. The highest BCUT2D eigenvalue weighted by Gasteiger charge is 2.29. The number of hydrogen-bond acceptors (Lipinski definition) is 3. The first-order valence-corrected chi connectivity index (χ1v) is 6.59. The summed E-state index contributed by atoms with van der Waals surface area (Å²) in [6, 6.07) is -1.16. The van der Waals surface area contributed by atoms with Gasteiger partial charge < -0.3 is 15.7 Å². The van der Waals surface area contributed by atoms with E-state index in [1.165, 1.54) is 0 Å². The Hall–Kier alpha value is -1.10. The van der Waals surface area contributed by atoms with Crippen LogP contribution in [0.15, 0.2) is 0 Å². The van der Waals surface area contributed by atoms with Crippen LogP contribution < -0.4 is 10.6 Å². The third kappa shape index (κ3) is 4.64. The second kappa shape index (κ2) is 8.08. The van der Waals surface area contributed by atoms with Crippen molar-refractivity contribution in [1.82, 2.24) is 10.6 Å². The van der Waals surface area contributed by atoms with E-state index < -0.39 is 12.0 Å². The van der Waals surface area contributed by atoms with Crippen LogP contribution in [0.2, 0.25) is 0 Å². The standard InChI is InChI=1S/C13H26N2O3/c1-6-8(3)10(14-5)12(16)15-11(13(17)18)9(4)7-2/h8-11,14H,6-7H2,1-5H3,(H,15,16)(H,17,18). The molecule has 0 fully saturated rings. The topological polar surface area (TPSA) is 78.4 Å². The van der Waals surface area contributed by atoms with E-state index in [1.807, 2.05) is 27.7 Å². The molecule has 0 aliphatic rings. The number of nitrogens with one attached hydrogen (secondary N) is 2. The van der Waals surface area contributed by atoms with E-state index >= 15 is 0 Å². The highest BCUT2D eigenvalue weighted by atomic mass is 16.4. The fourth-order valence-electron chi connectivity index (χ4n) is 1.84. The van der Waals surface area contributed by atoms with E-state index in [-0.39, 0.29) is 23.8 Å². The van der Waals surface area contributed by atoms with Crippen LogP contribution in [0.4, 0.5) is 0 Å². The van der Waals surface area contributed by atoms with E-state index in [1.54, 1.807) is 7.05 Å². The van der Waals surface area contributed by atoms with Crippen LogP contribution in [0, 0.1) is 11.8 Å². The number of rotatable bonds is 8. The normalized spacial score (nSPS) is 17.6. The zero-order valence-corrected chi connectivity index (χ0v) is 12.0. The van der Waals surface area contributed by atoms with Crippen molar-refractivity contribution in [3.8, 4) is 0 Å². The lowest BCUT2D eigenvalue weighted by atomic mass is 9.95. The van der Waals surface area contributed by atoms with Crippen LogP contribution in [0.25, 0.3) is 0 Å². The zero-order chi connectivity index (χ0) is 14.3. The summed E-state index contributed by atoms with van der Waals surface area (Å²) >= 11 is 0. The highest BCUT2D eigenvalue weighted by Crippen LogP contribution is 2.11. The van der Waals surface area contributed by atoms with Crippen molar-refractivity contribution >= 4 is 11.9 Å². The maximum absolute atomic E-state index is 12.1. The molecule has 5 nitrogen and oxygen atoms in total. The fraction of sp³-hybridized carbons (Fsp3) is 0.846. The molecular formula is C13H26N2O3. The summed E-state index contributed by atoms with van der Waals surface area (Å²) in [5, 5.41) is 14.7. The lowest BCUT2D eigenvalue weighted by Crippen LogP contribution is -2.53. The van der Waals surface area contributed by atoms with Crippen molar-refractivity contribution in [2.45, 2.75) is 52.6 Å². The molecule has 0 aliphatic carbocycles. The van der Waals surface area contributed by atoms with Crippen molar-refractivity contribution in [1.29, 1.82) is 0 Å². The molecule has 4 atom stereocenters. The summed E-state index contributed by atoms with van der Waals surface area (Å²) in [5.74, 6) is -1.13. The summed E-state index contributed by atoms with van der Waals surface area (Å²) in [6.07, 6.45) is 1.57. The predicted molar refractivity (Wildman–Crippen MR) is 71.3 cm³/mol. The van der Waals surface area contributed by atoms with Crippen LogP contribution in [0.5, 0.6) is 0 Å². The van der Waals surface area contributed by atoms with Gasteiger partial charge in [-0.3, -0.25) is 4.79 Å². The third-order valence-corrected chi connectivity index (χ3v) is 3.58. The number of likely N-dealkylation sites (N-methyl/N-ethyl adjacent to an activating group) is 1. The maximum atomic E-state index is 12.1. The Balaban J connectivity index is 4.72. The van der Waals surface area contributed by atoms with E-state index in [0.29, 0.717) is 6.42 Å². The van der Waals surface area contributed by atoms with Crippen molar-refractivity contribution < 1.29 is 14.7 Å². The van der Waals surface area contributed by atoms with Gasteiger partial charge in [0.25, 0.3) is 0 Å². The third-order valence-electron chi connectivity index (χ3n) is 3.58. The Morgan fingerprint density at radius 3 is 1.83 bits per heavy atom. The van der Waals surface area contributed by atoms with Gasteiger partial charge in [0.15, 0.2) is 0 Å². The first kappa shape index (κ1) is 16.9. The Bertz CT molecular complexity index is 281. The van der Waals surface area contributed by atoms with Crippen molar-refractivity contribution in [2.24, 2.45) is 11.8 Å². The number of amides is 1. The first-order chi connectivity index (χ1) is 8.38. The monoisotopic (exact) mass is 258 g/mol. The van der Waals surface area contributed by atoms with Crippen LogP contribution in [-0.2, 0) is 9.59 Å². The van der Waals surface area contributed by atoms with E-state index in [4.69, 9.17) is 5.11 Å². The predicted octanol–water partition coefficient (Wildman–Crippen LogP) is 1.24. The average Bonchev–Trinajstić information content (AvgIpc) is 2.35. The molecule has 0 radical (unpaired) electrons. The van der Waals surface area contributed by atoms with Crippen LogP contribution in [0.3, 0.4) is 0 Å². The highest BCUT2D eigenvalue weighted by molar-refractivity contribution is 5.87. The molecule has 0 aromatic heterocycles. The Kier molecular flexibility index (Phi) is 7.59. The van der Waals surface area contributed by atoms with Crippen LogP contribution in [0.1, 0.15) is 40.5 Å². The zero-order valence-electron chi connectivity index (χ0n) is 12.0. The maximum Gasteiger partial charge on any atom is 0.326 e. The molecule has 3 N–H and O–H groups in total. The lowest BCUT2D eigenvalue weighted by molar-refractivity contribution is -0.143. The van der Waals surface area contributed by atoms with Gasteiger partial charge in [0.2, 0.25) is 5.91 Å². The summed E-state index contributed by atoms with van der Waals surface area (Å²) in [7, 11) is 1.72. The SMILES string of the molecule is CCC(C)C(NC(=O)C(NC)C(C)CC)C(=O)O. The molecule has 0 aliphatic heterocycles. The number of carboxylic acids is 1. The van der Waals surface area contributed by atoms with Crippen LogP contribution >= 0.6 is 0 Å². The van der Waals surface area contributed by atoms with Crippen molar-refractivity contribution in [3.05, 3.63) is 0 Å². The molecule has 0 aromatic carbocycles. The summed E-state index contributed by atoms with van der Waals surface area (Å²) in [6.45, 7) is 7.72. The number of carbonyl (C=O) groups excluding carboxylic acids is 1. The second-order valence-electron chi connectivity index (χ2n) is 4.86. The molecule has 0 aromatic rings. The molecule has 0 saturated heterocycles. The van der Waals surface area contributed by atoms with Gasteiger partial charge in [0.05, 0.1) is 6.04 Å². The second-order valence-corrected chi connectivity index (χ2v) is 4.86. The largest absolute Gasteiger partial charge is 0.480 e. The summed E-state index contributed by atoms with van der Waals surface area (Å²) in [4.78, 5) is 23.2. The fourth-order valence-corrected chi connectivity index (χ4v) is 1.84. The lowest BCUT2D eigenvalue weighted by Gasteiger charge is -2.26. The van der Waals surface area contributed by atoms with Gasteiger partial charge in [0.1, 0.15) is 6.04 Å². The molecule has 1 amide bonds. The van der Waals surface area contributed by atoms with Gasteiger partial charge in [-0.25, -0.2) is 4.79 Å². The van der Waals surface area contributed by atoms with Gasteiger partial charge in [0, 0.05) is 0 Å². The van der Waals surface area contributed by atoms with Crippen LogP contribution in [-0.4, -0.2) is 36.1 Å². The van der Waals surface area contributed by atoms with Gasteiger partial charge in [-0.05, 0) is 18.9 Å². The minimum absolute atomic E-state index is 0.0825. The number of carbonyl (C=O) groups is 2. The van der Waals surface area contributed by atoms with Gasteiger partial charge >= 0.3 is 5.97 Å². The molecule has 5 heteroatoms. The summed E-state index contributed by atoms with van der Waals surface area (Å²) in [5.41, 5.74) is 0. The molecule has 0 heterocycles. The first-order valence-electron chi connectivity index (χ1n) is 6.59. The van der Waals surface area contributed by atoms with Crippen molar-refractivity contribution in [2.75, 3.05) is 7.05 Å². The molecule has 0 rings (SSSR count). The molecule has 0 saturated carbocycles. The minimum Gasteiger partial charge on any atom is -0.480 e. The van der Waals surface area contributed by atoms with Gasteiger partial charge in [-0.15, -0.1) is 0 Å². The number of aliphatic carboxylic acids is 1. The molecular weight excluding hydrogens is 232 g/mol. The van der Waals surface area contributed by atoms with Crippen molar-refractivity contribution in [3.63, 3.8) is 0 Å². The van der Waals surface area contributed by atoms with Gasteiger partial charge in [-0.2, -0.15) is 0 Å². The minimum atomic E-state index is -0.975. The molecule has 4 unspecified atom stereocenters. The molecule has 0 bridgehead atoms. The molecule has 106 valence electrons. The van der Waals surface area contributed by atoms with E-state index in [9.17, 15) is 9.59 Å². The summed E-state index contributed by atoms with van der Waals surface area (Å²) < 4.78 is 0. The Labute approximate surface area is 109 Å².